The van der Waals surface area contributed by atoms with E-state index in [4.69, 9.17) is 4.74 Å². The number of morpholine rings is 1. The van der Waals surface area contributed by atoms with E-state index in [-0.39, 0.29) is 22.9 Å². The van der Waals surface area contributed by atoms with Gasteiger partial charge in [-0.2, -0.15) is 4.31 Å². The Balaban J connectivity index is 1.78. The quantitative estimate of drug-likeness (QED) is 0.843. The number of nitrogens with zero attached hydrogens (tertiary/aromatic N) is 2. The van der Waals surface area contributed by atoms with E-state index in [2.05, 4.69) is 5.32 Å². The van der Waals surface area contributed by atoms with Crippen molar-refractivity contribution in [3.8, 4) is 0 Å². The van der Waals surface area contributed by atoms with Gasteiger partial charge in [-0.25, -0.2) is 8.42 Å². The van der Waals surface area contributed by atoms with Crippen LogP contribution in [0.1, 0.15) is 24.2 Å². The average Bonchev–Trinajstić information content (AvgIpc) is 2.64. The fraction of sp³-hybridized carbons (Fsp3) is 0.588. The van der Waals surface area contributed by atoms with Crippen LogP contribution in [0.3, 0.4) is 0 Å². The minimum Gasteiger partial charge on any atom is -0.378 e. The lowest BCUT2D eigenvalue weighted by molar-refractivity contribution is 0.0303. The van der Waals surface area contributed by atoms with E-state index in [0.29, 0.717) is 45.0 Å². The number of rotatable bonds is 3. The van der Waals surface area contributed by atoms with Gasteiger partial charge in [0.25, 0.3) is 5.91 Å². The Morgan fingerprint density at radius 2 is 1.76 bits per heavy atom. The number of hydrogen-bond donors (Lipinski definition) is 1. The molecule has 1 aromatic carbocycles. The van der Waals surface area contributed by atoms with Crippen molar-refractivity contribution >= 4 is 15.9 Å². The molecule has 8 heteroatoms. The van der Waals surface area contributed by atoms with E-state index < -0.39 is 10.0 Å². The number of ether oxygens (including phenoxy) is 1. The van der Waals surface area contributed by atoms with Gasteiger partial charge in [0, 0.05) is 43.8 Å². The van der Waals surface area contributed by atoms with Crippen molar-refractivity contribution in [1.82, 2.24) is 14.5 Å². The van der Waals surface area contributed by atoms with Crippen molar-refractivity contribution in [2.45, 2.75) is 30.8 Å². The summed E-state index contributed by atoms with van der Waals surface area (Å²) in [6, 6.07) is 6.24. The molecule has 1 N–H and O–H groups in total. The molecule has 2 aliphatic heterocycles. The minimum atomic E-state index is -3.56. The Kier molecular flexibility index (Phi) is 5.43. The summed E-state index contributed by atoms with van der Waals surface area (Å²) >= 11 is 0. The first kappa shape index (κ1) is 18.3. The Bertz CT molecular complexity index is 714. The van der Waals surface area contributed by atoms with Crippen LogP contribution in [0, 0.1) is 0 Å². The average molecular weight is 367 g/mol. The molecule has 2 fully saturated rings. The molecule has 138 valence electrons. The highest BCUT2D eigenvalue weighted by atomic mass is 32.2. The zero-order chi connectivity index (χ0) is 18.0. The molecule has 2 aliphatic rings. The summed E-state index contributed by atoms with van der Waals surface area (Å²) in [5, 5.41) is 3.28. The summed E-state index contributed by atoms with van der Waals surface area (Å²) in [5.74, 6) is -0.0867. The van der Waals surface area contributed by atoms with Crippen molar-refractivity contribution in [3.63, 3.8) is 0 Å². The molecular formula is C17H25N3O4S. The number of hydrogen-bond acceptors (Lipinski definition) is 5. The van der Waals surface area contributed by atoms with Gasteiger partial charge < -0.3 is 15.0 Å². The highest BCUT2D eigenvalue weighted by Crippen LogP contribution is 2.22. The molecule has 0 bridgehead atoms. The molecule has 0 aliphatic carbocycles. The van der Waals surface area contributed by atoms with Crippen LogP contribution >= 0.6 is 0 Å². The van der Waals surface area contributed by atoms with Crippen LogP contribution in [0.4, 0.5) is 0 Å². The van der Waals surface area contributed by atoms with Gasteiger partial charge in [0.15, 0.2) is 0 Å². The van der Waals surface area contributed by atoms with Gasteiger partial charge in [0.1, 0.15) is 0 Å². The Labute approximate surface area is 149 Å². The molecular weight excluding hydrogens is 342 g/mol. The third kappa shape index (κ3) is 3.72. The lowest BCUT2D eigenvalue weighted by Crippen LogP contribution is -2.57. The molecule has 0 radical (unpaired) electrons. The van der Waals surface area contributed by atoms with E-state index in [0.717, 1.165) is 0 Å². The fourth-order valence-corrected chi connectivity index (χ4v) is 4.92. The third-order valence-corrected chi connectivity index (χ3v) is 6.98. The second-order valence-electron chi connectivity index (χ2n) is 6.53. The number of amides is 1. The lowest BCUT2D eigenvalue weighted by Gasteiger charge is -2.37. The van der Waals surface area contributed by atoms with Crippen molar-refractivity contribution in [1.29, 1.82) is 0 Å². The first-order valence-corrected chi connectivity index (χ1v) is 10.1. The largest absolute Gasteiger partial charge is 0.378 e. The topological polar surface area (TPSA) is 79.0 Å². The summed E-state index contributed by atoms with van der Waals surface area (Å²) in [4.78, 5) is 14.4. The van der Waals surface area contributed by atoms with Crippen LogP contribution in [-0.2, 0) is 14.8 Å². The molecule has 7 nitrogen and oxygen atoms in total. The zero-order valence-electron chi connectivity index (χ0n) is 14.6. The Hall–Kier alpha value is -1.48. The van der Waals surface area contributed by atoms with E-state index in [1.807, 2.05) is 13.8 Å². The molecule has 0 spiro atoms. The van der Waals surface area contributed by atoms with E-state index >= 15 is 0 Å². The fourth-order valence-electron chi connectivity index (χ4n) is 3.22. The van der Waals surface area contributed by atoms with E-state index in [1.165, 1.54) is 16.4 Å². The van der Waals surface area contributed by atoms with Crippen LogP contribution in [-0.4, -0.2) is 75.0 Å². The predicted octanol–water partition coefficient (Wildman–Crippen LogP) is 0.530. The molecule has 2 unspecified atom stereocenters. The second-order valence-corrected chi connectivity index (χ2v) is 8.42. The number of benzene rings is 1. The van der Waals surface area contributed by atoms with Gasteiger partial charge in [0.2, 0.25) is 10.0 Å². The molecule has 2 heterocycles. The number of piperazine rings is 1. The number of nitrogens with one attached hydrogen (secondary N) is 1. The number of carbonyl (C=O) groups is 1. The maximum Gasteiger partial charge on any atom is 0.254 e. The predicted molar refractivity (Wildman–Crippen MR) is 94.0 cm³/mol. The van der Waals surface area contributed by atoms with Gasteiger partial charge in [-0.3, -0.25) is 4.79 Å². The Morgan fingerprint density at radius 1 is 1.12 bits per heavy atom. The SMILES string of the molecule is CC1NCCN(S(=O)(=O)c2ccc(C(=O)N3CCOCC3)cc2)C1C. The summed E-state index contributed by atoms with van der Waals surface area (Å²) in [7, 11) is -3.56. The summed E-state index contributed by atoms with van der Waals surface area (Å²) in [6.45, 7) is 7.18. The van der Waals surface area contributed by atoms with Gasteiger partial charge in [0.05, 0.1) is 18.1 Å². The van der Waals surface area contributed by atoms with Crippen LogP contribution in [0.2, 0.25) is 0 Å². The number of sulfonamides is 1. The lowest BCUT2D eigenvalue weighted by atomic mass is 10.1. The molecule has 2 atom stereocenters. The third-order valence-electron chi connectivity index (χ3n) is 4.98. The highest BCUT2D eigenvalue weighted by Gasteiger charge is 2.34. The van der Waals surface area contributed by atoms with Crippen LogP contribution in [0.25, 0.3) is 0 Å². The second kappa shape index (κ2) is 7.41. The number of carbonyl (C=O) groups excluding carboxylic acids is 1. The standard InChI is InChI=1S/C17H25N3O4S/c1-13-14(2)20(8-7-18-13)25(22,23)16-5-3-15(4-6-16)17(21)19-9-11-24-12-10-19/h3-6,13-14,18H,7-12H2,1-2H3. The minimum absolute atomic E-state index is 0.0867. The molecule has 0 aromatic heterocycles. The van der Waals surface area contributed by atoms with Crippen molar-refractivity contribution in [3.05, 3.63) is 29.8 Å². The van der Waals surface area contributed by atoms with E-state index in [9.17, 15) is 13.2 Å². The summed E-state index contributed by atoms with van der Waals surface area (Å²) < 4.78 is 32.6. The van der Waals surface area contributed by atoms with Crippen LogP contribution in [0.15, 0.2) is 29.2 Å². The molecule has 3 rings (SSSR count). The maximum absolute atomic E-state index is 12.9. The smallest absolute Gasteiger partial charge is 0.254 e. The molecule has 1 amide bonds. The van der Waals surface area contributed by atoms with Gasteiger partial charge in [-0.15, -0.1) is 0 Å². The van der Waals surface area contributed by atoms with Crippen molar-refractivity contribution in [2.75, 3.05) is 39.4 Å². The zero-order valence-corrected chi connectivity index (χ0v) is 15.5. The van der Waals surface area contributed by atoms with Crippen molar-refractivity contribution in [2.24, 2.45) is 0 Å². The molecule has 0 saturated carbocycles. The molecule has 1 aromatic rings. The highest BCUT2D eigenvalue weighted by molar-refractivity contribution is 7.89. The molecule has 25 heavy (non-hydrogen) atoms. The van der Waals surface area contributed by atoms with Crippen LogP contribution in [0.5, 0.6) is 0 Å². The van der Waals surface area contributed by atoms with Crippen LogP contribution < -0.4 is 5.32 Å². The first-order chi connectivity index (χ1) is 11.9. The molecule has 2 saturated heterocycles. The maximum atomic E-state index is 12.9. The first-order valence-electron chi connectivity index (χ1n) is 8.63. The summed E-state index contributed by atoms with van der Waals surface area (Å²) in [5.41, 5.74) is 0.502. The van der Waals surface area contributed by atoms with Gasteiger partial charge >= 0.3 is 0 Å². The Morgan fingerprint density at radius 3 is 2.40 bits per heavy atom. The van der Waals surface area contributed by atoms with E-state index in [1.54, 1.807) is 17.0 Å². The normalized spacial score (nSPS) is 25.8. The monoisotopic (exact) mass is 367 g/mol. The van der Waals surface area contributed by atoms with Crippen molar-refractivity contribution < 1.29 is 17.9 Å². The van der Waals surface area contributed by atoms with Gasteiger partial charge in [-0.05, 0) is 38.1 Å². The summed E-state index contributed by atoms with van der Waals surface area (Å²) in [6.07, 6.45) is 0. The van der Waals surface area contributed by atoms with Gasteiger partial charge in [-0.1, -0.05) is 0 Å².